The number of hydrogen-bond acceptors (Lipinski definition) is 5. The lowest BCUT2D eigenvalue weighted by Gasteiger charge is -2.24. The number of alkyl halides is 5. The van der Waals surface area contributed by atoms with Gasteiger partial charge in [0, 0.05) is 48.2 Å². The summed E-state index contributed by atoms with van der Waals surface area (Å²) in [6, 6.07) is 10.3. The number of anilines is 2. The molecule has 1 saturated heterocycles. The minimum absolute atomic E-state index is 0.000911. The van der Waals surface area contributed by atoms with Gasteiger partial charge >= 0.3 is 6.18 Å². The Labute approximate surface area is 204 Å². The molecule has 2 N–H and O–H groups in total. The standard InChI is InChI=1S/C24H23F5N4O2S/c1-36(30,35)18-5-2-4-17(14-18)31-22(34)19-12-15-6-7-16(24(27,28)29)13-20(15)32-21(19)33-10-3-8-23(25,26)9-11-33/h2,4-7,12-14,30H,3,8-11H2,1H3,(H,31,34). The van der Waals surface area contributed by atoms with E-state index in [2.05, 4.69) is 10.3 Å². The average molecular weight is 527 g/mol. The molecule has 0 spiro atoms. The summed E-state index contributed by atoms with van der Waals surface area (Å²) < 4.78 is 87.6. The van der Waals surface area contributed by atoms with Gasteiger partial charge in [-0.1, -0.05) is 12.1 Å². The molecule has 192 valence electrons. The number of rotatable bonds is 4. The van der Waals surface area contributed by atoms with E-state index in [0.717, 1.165) is 12.1 Å². The van der Waals surface area contributed by atoms with Gasteiger partial charge in [0.2, 0.25) is 5.92 Å². The van der Waals surface area contributed by atoms with Crippen LogP contribution < -0.4 is 10.2 Å². The van der Waals surface area contributed by atoms with E-state index >= 15 is 0 Å². The Morgan fingerprint density at radius 1 is 1.11 bits per heavy atom. The molecule has 0 aliphatic carbocycles. The minimum atomic E-state index is -4.60. The molecule has 0 bridgehead atoms. The molecule has 1 aliphatic rings. The molecule has 36 heavy (non-hydrogen) atoms. The van der Waals surface area contributed by atoms with Crippen LogP contribution in [-0.2, 0) is 15.9 Å². The van der Waals surface area contributed by atoms with E-state index in [1.807, 2.05) is 0 Å². The maximum Gasteiger partial charge on any atom is 0.416 e. The largest absolute Gasteiger partial charge is 0.416 e. The molecule has 1 atom stereocenters. The van der Waals surface area contributed by atoms with E-state index in [1.54, 1.807) is 0 Å². The smallest absolute Gasteiger partial charge is 0.356 e. The Morgan fingerprint density at radius 2 is 1.86 bits per heavy atom. The third kappa shape index (κ3) is 5.75. The maximum atomic E-state index is 14.0. The molecule has 1 aromatic heterocycles. The van der Waals surface area contributed by atoms with E-state index in [4.69, 9.17) is 4.78 Å². The molecule has 2 aromatic carbocycles. The lowest BCUT2D eigenvalue weighted by molar-refractivity contribution is -0.137. The normalized spacial score (nSPS) is 17.9. The molecule has 2 heterocycles. The Morgan fingerprint density at radius 3 is 2.56 bits per heavy atom. The first kappa shape index (κ1) is 25.8. The van der Waals surface area contributed by atoms with E-state index < -0.39 is 39.7 Å². The van der Waals surface area contributed by atoms with Crippen molar-refractivity contribution in [1.29, 1.82) is 4.78 Å². The molecule has 0 saturated carbocycles. The number of carbonyl (C=O) groups excluding carboxylic acids is 1. The number of amides is 1. The van der Waals surface area contributed by atoms with Gasteiger partial charge in [0.1, 0.15) is 5.82 Å². The van der Waals surface area contributed by atoms with Gasteiger partial charge in [0.15, 0.2) is 0 Å². The van der Waals surface area contributed by atoms with Crippen molar-refractivity contribution in [2.45, 2.75) is 36.3 Å². The molecular weight excluding hydrogens is 503 g/mol. The van der Waals surface area contributed by atoms with Crippen molar-refractivity contribution in [2.75, 3.05) is 29.6 Å². The molecular formula is C24H23F5N4O2S. The lowest BCUT2D eigenvalue weighted by atomic mass is 10.1. The molecule has 1 amide bonds. The third-order valence-corrected chi connectivity index (χ3v) is 7.08. The summed E-state index contributed by atoms with van der Waals surface area (Å²) in [6.07, 6.45) is -4.06. The maximum absolute atomic E-state index is 14.0. The topological polar surface area (TPSA) is 86.2 Å². The van der Waals surface area contributed by atoms with Crippen LogP contribution in [0.1, 0.15) is 35.2 Å². The number of nitrogens with one attached hydrogen (secondary N) is 2. The molecule has 1 unspecified atom stereocenters. The van der Waals surface area contributed by atoms with E-state index in [9.17, 15) is 31.0 Å². The number of halogens is 5. The van der Waals surface area contributed by atoms with Crippen molar-refractivity contribution in [3.05, 3.63) is 59.7 Å². The first-order chi connectivity index (χ1) is 16.7. The van der Waals surface area contributed by atoms with Crippen molar-refractivity contribution in [1.82, 2.24) is 4.98 Å². The highest BCUT2D eigenvalue weighted by Crippen LogP contribution is 2.35. The van der Waals surface area contributed by atoms with Crippen molar-refractivity contribution in [3.63, 3.8) is 0 Å². The van der Waals surface area contributed by atoms with Crippen LogP contribution in [0.5, 0.6) is 0 Å². The molecule has 12 heteroatoms. The summed E-state index contributed by atoms with van der Waals surface area (Å²) in [5.74, 6) is -3.55. The van der Waals surface area contributed by atoms with E-state index in [0.29, 0.717) is 0 Å². The molecule has 0 radical (unpaired) electrons. The Kier molecular flexibility index (Phi) is 6.67. The average Bonchev–Trinajstić information content (AvgIpc) is 2.97. The third-order valence-electron chi connectivity index (χ3n) is 5.93. The van der Waals surface area contributed by atoms with Gasteiger partial charge in [-0.3, -0.25) is 4.79 Å². The molecule has 1 aliphatic heterocycles. The van der Waals surface area contributed by atoms with Gasteiger partial charge in [-0.25, -0.2) is 22.8 Å². The summed E-state index contributed by atoms with van der Waals surface area (Å²) in [7, 11) is -3.05. The summed E-state index contributed by atoms with van der Waals surface area (Å²) in [4.78, 5) is 19.3. The summed E-state index contributed by atoms with van der Waals surface area (Å²) in [6.45, 7) is 0.0243. The predicted molar refractivity (Wildman–Crippen MR) is 127 cm³/mol. The van der Waals surface area contributed by atoms with Crippen molar-refractivity contribution in [3.8, 4) is 0 Å². The van der Waals surface area contributed by atoms with Crippen molar-refractivity contribution in [2.24, 2.45) is 0 Å². The van der Waals surface area contributed by atoms with Gasteiger partial charge in [0.25, 0.3) is 5.91 Å². The van der Waals surface area contributed by atoms with Crippen LogP contribution in [0.3, 0.4) is 0 Å². The van der Waals surface area contributed by atoms with Crippen molar-refractivity contribution >= 4 is 38.0 Å². The van der Waals surface area contributed by atoms with Crippen LogP contribution in [0.25, 0.3) is 10.9 Å². The fraction of sp³-hybridized carbons (Fsp3) is 0.333. The zero-order chi connectivity index (χ0) is 26.3. The number of aromatic nitrogens is 1. The minimum Gasteiger partial charge on any atom is -0.356 e. The Hall–Kier alpha value is -3.28. The van der Waals surface area contributed by atoms with Crippen LogP contribution >= 0.6 is 0 Å². The predicted octanol–water partition coefficient (Wildman–Crippen LogP) is 6.17. The fourth-order valence-corrected chi connectivity index (χ4v) is 4.72. The number of nitrogens with zero attached hydrogens (tertiary/aromatic N) is 2. The second-order valence-electron chi connectivity index (χ2n) is 8.79. The van der Waals surface area contributed by atoms with Gasteiger partial charge in [-0.2, -0.15) is 13.2 Å². The second-order valence-corrected chi connectivity index (χ2v) is 10.9. The van der Waals surface area contributed by atoms with E-state index in [-0.39, 0.29) is 58.8 Å². The summed E-state index contributed by atoms with van der Waals surface area (Å²) >= 11 is 0. The summed E-state index contributed by atoms with van der Waals surface area (Å²) in [5.41, 5.74) is -0.682. The Bertz CT molecular complexity index is 1420. The summed E-state index contributed by atoms with van der Waals surface area (Å²) in [5, 5.41) is 2.91. The molecule has 6 nitrogen and oxygen atoms in total. The van der Waals surface area contributed by atoms with Gasteiger partial charge in [0.05, 0.1) is 26.4 Å². The lowest BCUT2D eigenvalue weighted by Crippen LogP contribution is -2.29. The monoisotopic (exact) mass is 526 g/mol. The highest BCUT2D eigenvalue weighted by atomic mass is 32.2. The zero-order valence-electron chi connectivity index (χ0n) is 19.2. The number of pyridine rings is 1. The van der Waals surface area contributed by atoms with Crippen LogP contribution in [0.4, 0.5) is 33.5 Å². The van der Waals surface area contributed by atoms with Crippen LogP contribution in [0.2, 0.25) is 0 Å². The molecule has 1 fully saturated rings. The Balaban J connectivity index is 1.78. The molecule has 3 aromatic rings. The number of carbonyl (C=O) groups is 1. The second kappa shape index (κ2) is 9.30. The van der Waals surface area contributed by atoms with Gasteiger partial charge in [-0.15, -0.1) is 0 Å². The highest BCUT2D eigenvalue weighted by Gasteiger charge is 2.34. The van der Waals surface area contributed by atoms with Gasteiger partial charge in [-0.05, 0) is 42.8 Å². The first-order valence-corrected chi connectivity index (χ1v) is 13.0. The van der Waals surface area contributed by atoms with Crippen LogP contribution in [-0.4, -0.2) is 40.4 Å². The quantitative estimate of drug-likeness (QED) is 0.399. The molecule has 4 rings (SSSR count). The van der Waals surface area contributed by atoms with E-state index in [1.165, 1.54) is 47.6 Å². The van der Waals surface area contributed by atoms with Crippen LogP contribution in [0.15, 0.2) is 53.4 Å². The number of benzene rings is 2. The fourth-order valence-electron chi connectivity index (χ4n) is 4.03. The van der Waals surface area contributed by atoms with Crippen LogP contribution in [0, 0.1) is 4.78 Å². The SMILES string of the molecule is CS(=N)(=O)c1cccc(NC(=O)c2cc3ccc(C(F)(F)F)cc3nc2N2CCCC(F)(F)CC2)c1. The zero-order valence-corrected chi connectivity index (χ0v) is 20.0. The van der Waals surface area contributed by atoms with Crippen molar-refractivity contribution < 1.29 is 31.0 Å². The number of fused-ring (bicyclic) bond motifs is 1. The van der Waals surface area contributed by atoms with Gasteiger partial charge < -0.3 is 10.2 Å². The highest BCUT2D eigenvalue weighted by molar-refractivity contribution is 7.91. The first-order valence-electron chi connectivity index (χ1n) is 11.0. The number of hydrogen-bond donors (Lipinski definition) is 2.